The molecule has 0 spiro atoms. The van der Waals surface area contributed by atoms with Crippen molar-refractivity contribution < 1.29 is 0 Å². The van der Waals surface area contributed by atoms with Crippen LogP contribution in [0.4, 0.5) is 0 Å². The van der Waals surface area contributed by atoms with Crippen LogP contribution in [0.25, 0.3) is 6.08 Å². The molecule has 0 saturated heterocycles. The predicted octanol–water partition coefficient (Wildman–Crippen LogP) is 4.05. The number of rotatable bonds is 0. The third kappa shape index (κ3) is 3.82. The minimum absolute atomic E-state index is 0.531. The summed E-state index contributed by atoms with van der Waals surface area (Å²) in [5, 5.41) is 0. The molecule has 0 fully saturated rings. The van der Waals surface area contributed by atoms with Crippen LogP contribution < -0.4 is 0 Å². The van der Waals surface area contributed by atoms with Crippen molar-refractivity contribution >= 4 is 6.08 Å². The highest BCUT2D eigenvalue weighted by Gasteiger charge is 2.13. The highest BCUT2D eigenvalue weighted by Crippen LogP contribution is 2.24. The Morgan fingerprint density at radius 1 is 1.07 bits per heavy atom. The summed E-state index contributed by atoms with van der Waals surface area (Å²) >= 11 is 0. The molecule has 0 bridgehead atoms. The molecule has 2 heteroatoms. The molecule has 15 heavy (non-hydrogen) atoms. The van der Waals surface area contributed by atoms with E-state index >= 15 is 0 Å². The summed E-state index contributed by atoms with van der Waals surface area (Å²) in [4.78, 5) is 8.51. The van der Waals surface area contributed by atoms with Crippen LogP contribution in [0.3, 0.4) is 0 Å². The molecule has 0 aromatic carbocycles. The van der Waals surface area contributed by atoms with Crippen molar-refractivity contribution in [2.45, 2.75) is 47.0 Å². The number of hydrogen-bond donors (Lipinski definition) is 0. The molecule has 1 aliphatic carbocycles. The lowest BCUT2D eigenvalue weighted by atomic mass is 9.96. The van der Waals surface area contributed by atoms with Crippen molar-refractivity contribution in [3.05, 3.63) is 29.9 Å². The van der Waals surface area contributed by atoms with Crippen molar-refractivity contribution in [2.75, 3.05) is 0 Å². The topological polar surface area (TPSA) is 25.8 Å². The van der Waals surface area contributed by atoms with Gasteiger partial charge in [-0.25, -0.2) is 0 Å². The van der Waals surface area contributed by atoms with Crippen LogP contribution in [-0.4, -0.2) is 9.97 Å². The second-order valence-corrected chi connectivity index (χ2v) is 2.87. The highest BCUT2D eigenvalue weighted by atomic mass is 14.8. The van der Waals surface area contributed by atoms with E-state index in [9.17, 15) is 0 Å². The van der Waals surface area contributed by atoms with Crippen molar-refractivity contribution in [3.8, 4) is 0 Å². The average molecular weight is 206 g/mol. The molecule has 0 aliphatic heterocycles. The van der Waals surface area contributed by atoms with Crippen molar-refractivity contribution in [3.63, 3.8) is 0 Å². The summed E-state index contributed by atoms with van der Waals surface area (Å²) in [6.07, 6.45) is 8.78. The number of hydrogen-bond acceptors (Lipinski definition) is 2. The van der Waals surface area contributed by atoms with E-state index in [-0.39, 0.29) is 0 Å². The van der Waals surface area contributed by atoms with Gasteiger partial charge in [0.1, 0.15) is 0 Å². The zero-order valence-corrected chi connectivity index (χ0v) is 10.5. The Kier molecular flexibility index (Phi) is 7.51. The largest absolute Gasteiger partial charge is 0.257 e. The fourth-order valence-electron chi connectivity index (χ4n) is 1.36. The quantitative estimate of drug-likeness (QED) is 0.640. The highest BCUT2D eigenvalue weighted by molar-refractivity contribution is 5.50. The number of allylic oxidation sites excluding steroid dienone is 1. The molecule has 0 amide bonds. The van der Waals surface area contributed by atoms with Crippen LogP contribution >= 0.6 is 0 Å². The number of nitrogens with zero attached hydrogens (tertiary/aromatic N) is 2. The summed E-state index contributed by atoms with van der Waals surface area (Å²) in [6.45, 7) is 10.2. The molecule has 1 aromatic heterocycles. The zero-order valence-electron chi connectivity index (χ0n) is 10.5. The lowest BCUT2D eigenvalue weighted by Gasteiger charge is -2.14. The molecule has 2 rings (SSSR count). The first-order chi connectivity index (χ1) is 7.38. The van der Waals surface area contributed by atoms with Crippen LogP contribution in [0, 0.1) is 0 Å². The summed E-state index contributed by atoms with van der Waals surface area (Å²) in [5.41, 5.74) is 2.17. The van der Waals surface area contributed by atoms with Gasteiger partial charge in [-0.3, -0.25) is 9.97 Å². The van der Waals surface area contributed by atoms with E-state index in [4.69, 9.17) is 0 Å². The van der Waals surface area contributed by atoms with E-state index in [1.54, 1.807) is 12.4 Å². The zero-order chi connectivity index (χ0) is 11.7. The minimum atomic E-state index is 0.531. The summed E-state index contributed by atoms with van der Waals surface area (Å²) in [5.74, 6) is 0.531. The van der Waals surface area contributed by atoms with Gasteiger partial charge < -0.3 is 0 Å². The van der Waals surface area contributed by atoms with E-state index < -0.39 is 0 Å². The first kappa shape index (κ1) is 13.8. The monoisotopic (exact) mass is 206 g/mol. The lowest BCUT2D eigenvalue weighted by molar-refractivity contribution is 0.730. The number of aromatic nitrogens is 2. The van der Waals surface area contributed by atoms with Crippen molar-refractivity contribution in [1.82, 2.24) is 9.97 Å². The Labute approximate surface area is 93.5 Å². The molecular formula is C13H22N2. The molecule has 1 unspecified atom stereocenters. The van der Waals surface area contributed by atoms with E-state index in [0.29, 0.717) is 5.92 Å². The fourth-order valence-corrected chi connectivity index (χ4v) is 1.36. The normalized spacial score (nSPS) is 16.5. The van der Waals surface area contributed by atoms with Crippen LogP contribution in [0.5, 0.6) is 0 Å². The van der Waals surface area contributed by atoms with Gasteiger partial charge in [-0.15, -0.1) is 0 Å². The molecule has 1 heterocycles. The Hall–Kier alpha value is -1.18. The fraction of sp³-hybridized carbons (Fsp3) is 0.538. The second-order valence-electron chi connectivity index (χ2n) is 2.87. The maximum absolute atomic E-state index is 4.29. The van der Waals surface area contributed by atoms with E-state index in [1.165, 1.54) is 0 Å². The van der Waals surface area contributed by atoms with Gasteiger partial charge in [-0.2, -0.15) is 0 Å². The Balaban J connectivity index is 0.000000442. The van der Waals surface area contributed by atoms with Crippen LogP contribution in [0.2, 0.25) is 0 Å². The Morgan fingerprint density at radius 2 is 1.67 bits per heavy atom. The molecule has 0 radical (unpaired) electrons. The molecule has 84 valence electrons. The van der Waals surface area contributed by atoms with Crippen molar-refractivity contribution in [1.29, 1.82) is 0 Å². The second kappa shape index (κ2) is 8.16. The third-order valence-electron chi connectivity index (χ3n) is 1.99. The molecule has 0 N–H and O–H groups in total. The van der Waals surface area contributed by atoms with Gasteiger partial charge in [0.2, 0.25) is 0 Å². The minimum Gasteiger partial charge on any atom is -0.257 e. The first-order valence-corrected chi connectivity index (χ1v) is 5.85. The molecular weight excluding hydrogens is 184 g/mol. The molecule has 1 aromatic rings. The van der Waals surface area contributed by atoms with Gasteiger partial charge in [0.15, 0.2) is 0 Å². The van der Waals surface area contributed by atoms with Gasteiger partial charge in [-0.05, 0) is 12.5 Å². The first-order valence-electron chi connectivity index (χ1n) is 5.85. The van der Waals surface area contributed by atoms with E-state index in [1.807, 2.05) is 33.8 Å². The van der Waals surface area contributed by atoms with Gasteiger partial charge in [0.05, 0.1) is 11.4 Å². The molecule has 1 atom stereocenters. The maximum Gasteiger partial charge on any atom is 0.0844 e. The lowest BCUT2D eigenvalue weighted by Crippen LogP contribution is -2.03. The van der Waals surface area contributed by atoms with Crippen LogP contribution in [-0.2, 0) is 0 Å². The standard InChI is InChI=1S/C9H10N2.2C2H6/c1-7-3-2-4-8-9(7)11-6-5-10-8;2*1-2/h2,4-7H,3H2,1H3;2*1-2H3. The van der Waals surface area contributed by atoms with E-state index in [0.717, 1.165) is 17.8 Å². The Bertz CT molecular complexity index is 292. The van der Waals surface area contributed by atoms with Gasteiger partial charge in [0.25, 0.3) is 0 Å². The van der Waals surface area contributed by atoms with Crippen LogP contribution in [0.15, 0.2) is 18.5 Å². The van der Waals surface area contributed by atoms with Crippen molar-refractivity contribution in [2.24, 2.45) is 0 Å². The number of fused-ring (bicyclic) bond motifs is 1. The molecule has 0 saturated carbocycles. The third-order valence-corrected chi connectivity index (χ3v) is 1.99. The summed E-state index contributed by atoms with van der Waals surface area (Å²) in [6, 6.07) is 0. The predicted molar refractivity (Wildman–Crippen MR) is 66.8 cm³/mol. The maximum atomic E-state index is 4.29. The SMILES string of the molecule is CC.CC.CC1CC=Cc2nccnc21. The van der Waals surface area contributed by atoms with E-state index in [2.05, 4.69) is 23.0 Å². The summed E-state index contributed by atoms with van der Waals surface area (Å²) < 4.78 is 0. The van der Waals surface area contributed by atoms with Gasteiger partial charge in [0, 0.05) is 18.3 Å². The molecule has 2 nitrogen and oxygen atoms in total. The average Bonchev–Trinajstić information content (AvgIpc) is 2.35. The Morgan fingerprint density at radius 3 is 2.27 bits per heavy atom. The van der Waals surface area contributed by atoms with Gasteiger partial charge in [-0.1, -0.05) is 40.7 Å². The van der Waals surface area contributed by atoms with Crippen LogP contribution in [0.1, 0.15) is 58.3 Å². The molecule has 1 aliphatic rings. The smallest absolute Gasteiger partial charge is 0.0844 e. The van der Waals surface area contributed by atoms with Gasteiger partial charge >= 0.3 is 0 Å². The summed E-state index contributed by atoms with van der Waals surface area (Å²) in [7, 11) is 0.